The molecule has 2 amide bonds. The summed E-state index contributed by atoms with van der Waals surface area (Å²) >= 11 is 11.8. The molecule has 19 heavy (non-hydrogen) atoms. The molecule has 0 saturated carbocycles. The Kier molecular flexibility index (Phi) is 6.08. The van der Waals surface area contributed by atoms with Gasteiger partial charge < -0.3 is 16.0 Å². The minimum atomic E-state index is -0.410. The summed E-state index contributed by atoms with van der Waals surface area (Å²) in [6, 6.07) is 4.42. The molecular formula is C12H16Cl2N3O2+. The fourth-order valence-electron chi connectivity index (χ4n) is 1.33. The van der Waals surface area contributed by atoms with E-state index in [1.807, 2.05) is 0 Å². The van der Waals surface area contributed by atoms with Gasteiger partial charge in [-0.25, -0.2) is 0 Å². The van der Waals surface area contributed by atoms with Crippen molar-refractivity contribution in [1.29, 1.82) is 0 Å². The first-order valence-electron chi connectivity index (χ1n) is 5.74. The van der Waals surface area contributed by atoms with Crippen LogP contribution in [0.2, 0.25) is 10.0 Å². The molecule has 0 aliphatic rings. The van der Waals surface area contributed by atoms with Gasteiger partial charge in [-0.2, -0.15) is 0 Å². The molecule has 0 aromatic heterocycles. The van der Waals surface area contributed by atoms with Gasteiger partial charge in [0, 0.05) is 12.1 Å². The number of hydrogen-bond acceptors (Lipinski definition) is 2. The highest BCUT2D eigenvalue weighted by Crippen LogP contribution is 2.25. The van der Waals surface area contributed by atoms with Gasteiger partial charge in [0.1, 0.15) is 0 Å². The fraction of sp³-hybridized carbons (Fsp3) is 0.333. The molecule has 0 fully saturated rings. The number of amides is 2. The molecule has 1 aromatic carbocycles. The highest BCUT2D eigenvalue weighted by atomic mass is 35.5. The van der Waals surface area contributed by atoms with Gasteiger partial charge in [0.15, 0.2) is 12.6 Å². The third kappa shape index (κ3) is 5.06. The molecule has 0 spiro atoms. The number of halogens is 2. The third-order valence-electron chi connectivity index (χ3n) is 2.54. The molecule has 0 aliphatic carbocycles. The minimum absolute atomic E-state index is 0.138. The molecule has 4 N–H and O–H groups in total. The van der Waals surface area contributed by atoms with Crippen molar-refractivity contribution < 1.29 is 14.9 Å². The summed E-state index contributed by atoms with van der Waals surface area (Å²) in [5.74, 6) is -0.381. The normalized spacial score (nSPS) is 11.8. The van der Waals surface area contributed by atoms with Gasteiger partial charge in [-0.3, -0.25) is 9.59 Å². The molecule has 7 heteroatoms. The minimum Gasteiger partial charge on any atom is -0.354 e. The van der Waals surface area contributed by atoms with Crippen LogP contribution < -0.4 is 16.0 Å². The van der Waals surface area contributed by atoms with E-state index in [0.29, 0.717) is 15.7 Å². The van der Waals surface area contributed by atoms with Crippen LogP contribution in [0.4, 0.5) is 5.69 Å². The van der Waals surface area contributed by atoms with Crippen molar-refractivity contribution in [3.8, 4) is 0 Å². The predicted octanol–water partition coefficient (Wildman–Crippen LogP) is 0.630. The molecule has 0 radical (unpaired) electrons. The van der Waals surface area contributed by atoms with Crippen molar-refractivity contribution in [2.24, 2.45) is 0 Å². The number of rotatable bonds is 5. The number of anilines is 1. The number of nitrogens with two attached hydrogens (primary N) is 1. The quantitative estimate of drug-likeness (QED) is 0.746. The van der Waals surface area contributed by atoms with Crippen LogP contribution in [0, 0.1) is 0 Å². The second-order valence-electron chi connectivity index (χ2n) is 4.02. The van der Waals surface area contributed by atoms with Crippen molar-refractivity contribution in [3.63, 3.8) is 0 Å². The Morgan fingerprint density at radius 3 is 2.68 bits per heavy atom. The average molecular weight is 305 g/mol. The van der Waals surface area contributed by atoms with E-state index in [1.54, 1.807) is 37.5 Å². The fourth-order valence-corrected chi connectivity index (χ4v) is 1.67. The van der Waals surface area contributed by atoms with Crippen LogP contribution >= 0.6 is 23.2 Å². The van der Waals surface area contributed by atoms with Gasteiger partial charge in [0.25, 0.3) is 11.8 Å². The smallest absolute Gasteiger partial charge is 0.282 e. The molecule has 0 heterocycles. The maximum Gasteiger partial charge on any atom is 0.282 e. The van der Waals surface area contributed by atoms with Crippen LogP contribution in [0.5, 0.6) is 0 Å². The Hall–Kier alpha value is -1.30. The maximum absolute atomic E-state index is 11.9. The van der Waals surface area contributed by atoms with Crippen molar-refractivity contribution in [2.75, 3.05) is 18.9 Å². The van der Waals surface area contributed by atoms with Crippen LogP contribution in [0.25, 0.3) is 0 Å². The number of quaternary nitrogens is 1. The van der Waals surface area contributed by atoms with Gasteiger partial charge in [0.05, 0.1) is 10.7 Å². The van der Waals surface area contributed by atoms with Crippen molar-refractivity contribution in [3.05, 3.63) is 28.2 Å². The Bertz CT molecular complexity index is 480. The highest BCUT2D eigenvalue weighted by Gasteiger charge is 2.18. The molecule has 0 bridgehead atoms. The summed E-state index contributed by atoms with van der Waals surface area (Å²) in [5, 5.41) is 7.69. The van der Waals surface area contributed by atoms with Crippen LogP contribution in [0.1, 0.15) is 6.92 Å². The number of nitrogens with one attached hydrogen (secondary N) is 2. The summed E-state index contributed by atoms with van der Waals surface area (Å²) in [4.78, 5) is 23.0. The lowest BCUT2D eigenvalue weighted by molar-refractivity contribution is -0.662. The summed E-state index contributed by atoms with van der Waals surface area (Å²) < 4.78 is 0. The molecule has 1 aromatic rings. The lowest BCUT2D eigenvalue weighted by Crippen LogP contribution is -2.93. The van der Waals surface area contributed by atoms with Gasteiger partial charge in [-0.15, -0.1) is 0 Å². The molecule has 0 unspecified atom stereocenters. The maximum atomic E-state index is 11.9. The predicted molar refractivity (Wildman–Crippen MR) is 75.4 cm³/mol. The van der Waals surface area contributed by atoms with E-state index in [2.05, 4.69) is 10.6 Å². The number of carbonyl (C=O) groups excluding carboxylic acids is 2. The van der Waals surface area contributed by atoms with Crippen molar-refractivity contribution >= 4 is 40.7 Å². The van der Waals surface area contributed by atoms with Crippen molar-refractivity contribution in [2.45, 2.75) is 13.0 Å². The van der Waals surface area contributed by atoms with E-state index in [0.717, 1.165) is 0 Å². The first kappa shape index (κ1) is 15.8. The number of carbonyl (C=O) groups is 2. The molecule has 0 aliphatic heterocycles. The topological polar surface area (TPSA) is 74.8 Å². The summed E-state index contributed by atoms with van der Waals surface area (Å²) in [5.41, 5.74) is 0.458. The Labute approximate surface area is 121 Å². The number of likely N-dealkylation sites (N-methyl/N-ethyl adjacent to an activating group) is 1. The first-order chi connectivity index (χ1) is 8.93. The zero-order chi connectivity index (χ0) is 14.4. The number of hydrogen-bond donors (Lipinski definition) is 3. The van der Waals surface area contributed by atoms with Gasteiger partial charge in [-0.05, 0) is 25.1 Å². The summed E-state index contributed by atoms with van der Waals surface area (Å²) in [6.07, 6.45) is 0. The van der Waals surface area contributed by atoms with Crippen LogP contribution in [-0.4, -0.2) is 31.4 Å². The SMILES string of the molecule is CNC(=O)C[NH2+][C@@H](C)C(=O)Nc1cc(Cl)ccc1Cl. The molecule has 1 rings (SSSR count). The second kappa shape index (κ2) is 7.33. The van der Waals surface area contributed by atoms with Crippen molar-refractivity contribution in [1.82, 2.24) is 5.32 Å². The first-order valence-corrected chi connectivity index (χ1v) is 6.49. The van der Waals surface area contributed by atoms with Gasteiger partial charge >= 0.3 is 0 Å². The second-order valence-corrected chi connectivity index (χ2v) is 4.86. The Morgan fingerprint density at radius 2 is 2.05 bits per heavy atom. The van der Waals surface area contributed by atoms with E-state index >= 15 is 0 Å². The van der Waals surface area contributed by atoms with Crippen LogP contribution in [-0.2, 0) is 9.59 Å². The van der Waals surface area contributed by atoms with Gasteiger partial charge in [-0.1, -0.05) is 23.2 Å². The molecule has 5 nitrogen and oxygen atoms in total. The Balaban J connectivity index is 2.58. The zero-order valence-electron chi connectivity index (χ0n) is 10.7. The lowest BCUT2D eigenvalue weighted by atomic mass is 10.2. The highest BCUT2D eigenvalue weighted by molar-refractivity contribution is 6.35. The van der Waals surface area contributed by atoms with Crippen LogP contribution in [0.15, 0.2) is 18.2 Å². The van der Waals surface area contributed by atoms with E-state index in [4.69, 9.17) is 23.2 Å². The Morgan fingerprint density at radius 1 is 1.37 bits per heavy atom. The zero-order valence-corrected chi connectivity index (χ0v) is 12.2. The van der Waals surface area contributed by atoms with Crippen LogP contribution in [0.3, 0.4) is 0 Å². The monoisotopic (exact) mass is 304 g/mol. The van der Waals surface area contributed by atoms with E-state index in [1.165, 1.54) is 0 Å². The standard InChI is InChI=1S/C12H15Cl2N3O2/c1-7(16-6-11(18)15-2)12(19)17-10-5-8(13)3-4-9(10)14/h3-5,7,16H,6H2,1-2H3,(H,15,18)(H,17,19)/p+1/t7-/m0/s1. The lowest BCUT2D eigenvalue weighted by Gasteiger charge is -2.12. The van der Waals surface area contributed by atoms with E-state index in [-0.39, 0.29) is 18.4 Å². The molecular weight excluding hydrogens is 289 g/mol. The summed E-state index contributed by atoms with van der Waals surface area (Å²) in [6.45, 7) is 1.89. The van der Waals surface area contributed by atoms with E-state index < -0.39 is 6.04 Å². The largest absolute Gasteiger partial charge is 0.354 e. The summed E-state index contributed by atoms with van der Waals surface area (Å²) in [7, 11) is 1.55. The number of benzene rings is 1. The van der Waals surface area contributed by atoms with E-state index in [9.17, 15) is 9.59 Å². The molecule has 0 saturated heterocycles. The molecule has 1 atom stereocenters. The van der Waals surface area contributed by atoms with Gasteiger partial charge in [0.2, 0.25) is 0 Å². The molecule has 104 valence electrons. The third-order valence-corrected chi connectivity index (χ3v) is 3.10. The average Bonchev–Trinajstić information content (AvgIpc) is 2.39.